The number of nitrogens with zero attached hydrogens (tertiary/aromatic N) is 4. The summed E-state index contributed by atoms with van der Waals surface area (Å²) in [5.74, 6) is 1.16. The summed E-state index contributed by atoms with van der Waals surface area (Å²) >= 11 is 0. The van der Waals surface area contributed by atoms with Crippen molar-refractivity contribution in [3.8, 4) is 0 Å². The highest BCUT2D eigenvalue weighted by Gasteiger charge is 2.23. The number of hydrogen-bond donors (Lipinski definition) is 2. The largest absolute Gasteiger partial charge is 0.476 e. The molecule has 1 saturated heterocycles. The first kappa shape index (κ1) is 12.6. The molecule has 0 bridgehead atoms. The van der Waals surface area contributed by atoms with Crippen molar-refractivity contribution in [2.45, 2.75) is 18.8 Å². The number of carbonyl (C=O) groups is 1. The Morgan fingerprint density at radius 1 is 1.25 bits per heavy atom. The SMILES string of the molecule is O=C(O)c1cnc(N2CCC(c3ncc[nH]3)CC2)cn1. The lowest BCUT2D eigenvalue weighted by Crippen LogP contribution is -2.33. The van der Waals surface area contributed by atoms with Crippen LogP contribution in [0.3, 0.4) is 0 Å². The molecular weight excluding hydrogens is 258 g/mol. The number of nitrogens with one attached hydrogen (secondary N) is 1. The molecule has 2 aromatic heterocycles. The third-order valence-corrected chi connectivity index (χ3v) is 3.58. The van der Waals surface area contributed by atoms with Crippen LogP contribution in [0, 0.1) is 0 Å². The summed E-state index contributed by atoms with van der Waals surface area (Å²) in [5, 5.41) is 8.80. The van der Waals surface area contributed by atoms with E-state index in [-0.39, 0.29) is 5.69 Å². The van der Waals surface area contributed by atoms with E-state index >= 15 is 0 Å². The van der Waals surface area contributed by atoms with Gasteiger partial charge in [-0.15, -0.1) is 0 Å². The zero-order chi connectivity index (χ0) is 13.9. The molecule has 0 aromatic carbocycles. The Balaban J connectivity index is 1.64. The van der Waals surface area contributed by atoms with Gasteiger partial charge in [-0.1, -0.05) is 0 Å². The van der Waals surface area contributed by atoms with Gasteiger partial charge in [0.15, 0.2) is 5.69 Å². The molecule has 7 heteroatoms. The van der Waals surface area contributed by atoms with Crippen LogP contribution in [0.25, 0.3) is 0 Å². The van der Waals surface area contributed by atoms with E-state index in [1.165, 1.54) is 12.4 Å². The number of carboxylic acids is 1. The second-order valence-electron chi connectivity index (χ2n) is 4.80. The van der Waals surface area contributed by atoms with Gasteiger partial charge in [-0.3, -0.25) is 0 Å². The molecule has 0 atom stereocenters. The fourth-order valence-electron chi connectivity index (χ4n) is 2.48. The van der Waals surface area contributed by atoms with Gasteiger partial charge in [-0.2, -0.15) is 0 Å². The first-order valence-electron chi connectivity index (χ1n) is 6.53. The molecule has 7 nitrogen and oxygen atoms in total. The maximum atomic E-state index is 10.7. The highest BCUT2D eigenvalue weighted by Crippen LogP contribution is 2.27. The van der Waals surface area contributed by atoms with E-state index in [1.807, 2.05) is 6.20 Å². The van der Waals surface area contributed by atoms with Crippen molar-refractivity contribution in [3.05, 3.63) is 36.3 Å². The Hall–Kier alpha value is -2.44. The van der Waals surface area contributed by atoms with E-state index in [2.05, 4.69) is 24.8 Å². The summed E-state index contributed by atoms with van der Waals surface area (Å²) < 4.78 is 0. The Bertz CT molecular complexity index is 573. The van der Waals surface area contributed by atoms with Crippen molar-refractivity contribution in [1.29, 1.82) is 0 Å². The number of anilines is 1. The summed E-state index contributed by atoms with van der Waals surface area (Å²) in [7, 11) is 0. The molecule has 0 radical (unpaired) electrons. The summed E-state index contributed by atoms with van der Waals surface area (Å²) in [6, 6.07) is 0. The number of aromatic carboxylic acids is 1. The number of imidazole rings is 1. The fourth-order valence-corrected chi connectivity index (χ4v) is 2.48. The molecule has 2 aromatic rings. The number of rotatable bonds is 3. The van der Waals surface area contributed by atoms with Crippen LogP contribution in [0.2, 0.25) is 0 Å². The predicted molar refractivity (Wildman–Crippen MR) is 71.8 cm³/mol. The number of hydrogen-bond acceptors (Lipinski definition) is 5. The number of carboxylic acid groups (broad SMARTS) is 1. The van der Waals surface area contributed by atoms with Crippen molar-refractivity contribution in [2.24, 2.45) is 0 Å². The van der Waals surface area contributed by atoms with Crippen molar-refractivity contribution in [2.75, 3.05) is 18.0 Å². The van der Waals surface area contributed by atoms with Crippen molar-refractivity contribution >= 4 is 11.8 Å². The average molecular weight is 273 g/mol. The monoisotopic (exact) mass is 273 g/mol. The van der Waals surface area contributed by atoms with Gasteiger partial charge in [0.2, 0.25) is 0 Å². The number of aromatic amines is 1. The second-order valence-corrected chi connectivity index (χ2v) is 4.80. The minimum absolute atomic E-state index is 0.0285. The summed E-state index contributed by atoms with van der Waals surface area (Å²) in [6.07, 6.45) is 8.44. The maximum absolute atomic E-state index is 10.7. The topological polar surface area (TPSA) is 95.0 Å². The van der Waals surface area contributed by atoms with Crippen molar-refractivity contribution in [1.82, 2.24) is 19.9 Å². The molecule has 0 unspecified atom stereocenters. The van der Waals surface area contributed by atoms with Gasteiger partial charge in [-0.05, 0) is 12.8 Å². The molecular formula is C13H15N5O2. The molecule has 0 aliphatic carbocycles. The minimum atomic E-state index is -1.06. The van der Waals surface area contributed by atoms with E-state index < -0.39 is 5.97 Å². The van der Waals surface area contributed by atoms with E-state index in [4.69, 9.17) is 5.11 Å². The molecule has 2 N–H and O–H groups in total. The van der Waals surface area contributed by atoms with Gasteiger partial charge in [0.25, 0.3) is 0 Å². The number of aromatic nitrogens is 4. The molecule has 3 rings (SSSR count). The lowest BCUT2D eigenvalue weighted by molar-refractivity contribution is 0.0690. The maximum Gasteiger partial charge on any atom is 0.356 e. The summed E-state index contributed by atoms with van der Waals surface area (Å²) in [5.41, 5.74) is -0.0285. The molecule has 1 aliphatic rings. The van der Waals surface area contributed by atoms with Gasteiger partial charge in [0.05, 0.1) is 12.4 Å². The van der Waals surface area contributed by atoms with Crippen LogP contribution in [-0.2, 0) is 0 Å². The molecule has 0 saturated carbocycles. The van der Waals surface area contributed by atoms with Gasteiger partial charge in [0, 0.05) is 31.4 Å². The van der Waals surface area contributed by atoms with Crippen LogP contribution in [0.5, 0.6) is 0 Å². The normalized spacial score (nSPS) is 16.3. The highest BCUT2D eigenvalue weighted by atomic mass is 16.4. The first-order chi connectivity index (χ1) is 9.74. The Morgan fingerprint density at radius 2 is 2.05 bits per heavy atom. The summed E-state index contributed by atoms with van der Waals surface area (Å²) in [4.78, 5) is 28.4. The average Bonchev–Trinajstić information content (AvgIpc) is 3.02. The molecule has 104 valence electrons. The summed E-state index contributed by atoms with van der Waals surface area (Å²) in [6.45, 7) is 1.74. The van der Waals surface area contributed by atoms with Crippen molar-refractivity contribution < 1.29 is 9.90 Å². The highest BCUT2D eigenvalue weighted by molar-refractivity contribution is 5.84. The zero-order valence-corrected chi connectivity index (χ0v) is 10.9. The Morgan fingerprint density at radius 3 is 2.60 bits per heavy atom. The van der Waals surface area contributed by atoms with Gasteiger partial charge < -0.3 is 15.0 Å². The lowest BCUT2D eigenvalue weighted by atomic mass is 9.96. The van der Waals surface area contributed by atoms with E-state index in [0.29, 0.717) is 5.92 Å². The van der Waals surface area contributed by atoms with Crippen LogP contribution >= 0.6 is 0 Å². The molecule has 1 aliphatic heterocycles. The third-order valence-electron chi connectivity index (χ3n) is 3.58. The smallest absolute Gasteiger partial charge is 0.356 e. The Labute approximate surface area is 115 Å². The molecule has 1 fully saturated rings. The first-order valence-corrected chi connectivity index (χ1v) is 6.53. The third kappa shape index (κ3) is 2.47. The van der Waals surface area contributed by atoms with E-state index in [1.54, 1.807) is 6.20 Å². The van der Waals surface area contributed by atoms with E-state index in [0.717, 1.165) is 37.6 Å². The molecule has 3 heterocycles. The Kier molecular flexibility index (Phi) is 3.32. The lowest BCUT2D eigenvalue weighted by Gasteiger charge is -2.31. The standard InChI is InChI=1S/C13H15N5O2/c19-13(20)10-7-17-11(8-16-10)18-5-1-9(2-6-18)12-14-3-4-15-12/h3-4,7-9H,1-2,5-6H2,(H,14,15)(H,19,20). The number of piperidine rings is 1. The van der Waals surface area contributed by atoms with Crippen LogP contribution in [0.15, 0.2) is 24.8 Å². The second kappa shape index (κ2) is 5.28. The predicted octanol–water partition coefficient (Wildman–Crippen LogP) is 1.28. The van der Waals surface area contributed by atoms with Gasteiger partial charge >= 0.3 is 5.97 Å². The zero-order valence-electron chi connectivity index (χ0n) is 10.9. The van der Waals surface area contributed by atoms with E-state index in [9.17, 15) is 4.79 Å². The van der Waals surface area contributed by atoms with Crippen LogP contribution in [0.4, 0.5) is 5.82 Å². The van der Waals surface area contributed by atoms with Gasteiger partial charge in [-0.25, -0.2) is 19.7 Å². The van der Waals surface area contributed by atoms with Gasteiger partial charge in [0.1, 0.15) is 11.6 Å². The van der Waals surface area contributed by atoms with Crippen LogP contribution in [0.1, 0.15) is 35.1 Å². The molecule has 0 amide bonds. The molecule has 0 spiro atoms. The van der Waals surface area contributed by atoms with Crippen molar-refractivity contribution in [3.63, 3.8) is 0 Å². The van der Waals surface area contributed by atoms with Crippen LogP contribution < -0.4 is 4.90 Å². The van der Waals surface area contributed by atoms with Crippen LogP contribution in [-0.4, -0.2) is 44.1 Å². The number of H-pyrrole nitrogens is 1. The fraction of sp³-hybridized carbons (Fsp3) is 0.385. The molecule has 20 heavy (non-hydrogen) atoms. The quantitative estimate of drug-likeness (QED) is 0.874. The minimum Gasteiger partial charge on any atom is -0.476 e.